The first-order valence-corrected chi connectivity index (χ1v) is 13.0. The topological polar surface area (TPSA) is 92.0 Å². The number of carbonyl (C=O) groups is 1. The van der Waals surface area contributed by atoms with Crippen LogP contribution in [0.3, 0.4) is 0 Å². The summed E-state index contributed by atoms with van der Waals surface area (Å²) in [5.74, 6) is 0.0583. The highest BCUT2D eigenvalue weighted by Crippen LogP contribution is 2.51. The van der Waals surface area contributed by atoms with Gasteiger partial charge in [0.2, 0.25) is 0 Å². The first-order valence-electron chi connectivity index (χ1n) is 11.4. The molecule has 5 rings (SSSR count). The van der Waals surface area contributed by atoms with Gasteiger partial charge in [-0.25, -0.2) is 4.99 Å². The summed E-state index contributed by atoms with van der Waals surface area (Å²) in [6.07, 6.45) is 0. The van der Waals surface area contributed by atoms with Crippen molar-refractivity contribution in [1.29, 1.82) is 5.26 Å². The lowest BCUT2D eigenvalue weighted by Gasteiger charge is -2.17. The largest absolute Gasteiger partial charge is 0.508 e. The lowest BCUT2D eigenvalue weighted by Crippen LogP contribution is -2.29. The van der Waals surface area contributed by atoms with Gasteiger partial charge in [0.25, 0.3) is 5.91 Å². The number of nitrogens with one attached hydrogen (secondary N) is 1. The molecule has 1 fully saturated rings. The van der Waals surface area contributed by atoms with Crippen LogP contribution in [0.1, 0.15) is 18.1 Å². The summed E-state index contributed by atoms with van der Waals surface area (Å²) in [6, 6.07) is 22.5. The number of phenols is 1. The van der Waals surface area contributed by atoms with Crippen molar-refractivity contribution < 1.29 is 9.90 Å². The number of nitriles is 1. The van der Waals surface area contributed by atoms with Gasteiger partial charge in [-0.3, -0.25) is 9.69 Å². The van der Waals surface area contributed by atoms with E-state index in [1.165, 1.54) is 23.5 Å². The van der Waals surface area contributed by atoms with E-state index in [1.807, 2.05) is 61.3 Å². The standard InChI is InChI=1S/C27H23N5O2S2/c1-3-29-20-11-9-18(15-28)13-21(20)30-27-32(16-17-7-5-4-6-8-17)25(34)24(36-27)26-31(2)22-12-10-19(33)14-23(22)35-26/h4-14,29,33H,3,16H2,1-2H3/b26-24-,30-27-. The first kappa shape index (κ1) is 23.9. The average molecular weight is 514 g/mol. The Labute approximate surface area is 218 Å². The Kier molecular flexibility index (Phi) is 6.63. The van der Waals surface area contributed by atoms with E-state index in [4.69, 9.17) is 4.99 Å². The van der Waals surface area contributed by atoms with Crippen molar-refractivity contribution in [3.05, 3.63) is 87.8 Å². The van der Waals surface area contributed by atoms with Crippen LogP contribution in [0.2, 0.25) is 0 Å². The van der Waals surface area contributed by atoms with Crippen molar-refractivity contribution in [1.82, 2.24) is 4.90 Å². The molecule has 2 aliphatic heterocycles. The number of thioether (sulfide) groups is 2. The molecule has 3 aromatic carbocycles. The summed E-state index contributed by atoms with van der Waals surface area (Å²) >= 11 is 2.79. The molecule has 0 aromatic heterocycles. The van der Waals surface area contributed by atoms with Gasteiger partial charge >= 0.3 is 0 Å². The Morgan fingerprint density at radius 3 is 2.64 bits per heavy atom. The summed E-state index contributed by atoms with van der Waals surface area (Å²) in [7, 11) is 1.92. The molecular weight excluding hydrogens is 490 g/mol. The first-order chi connectivity index (χ1) is 17.5. The highest BCUT2D eigenvalue weighted by molar-refractivity contribution is 8.19. The fourth-order valence-corrected chi connectivity index (χ4v) is 6.37. The molecule has 0 atom stereocenters. The van der Waals surface area contributed by atoms with Crippen molar-refractivity contribution in [2.75, 3.05) is 23.8 Å². The maximum absolute atomic E-state index is 13.8. The molecule has 1 saturated heterocycles. The summed E-state index contributed by atoms with van der Waals surface area (Å²) in [6.45, 7) is 3.07. The molecule has 0 unspecified atom stereocenters. The molecule has 0 radical (unpaired) electrons. The van der Waals surface area contributed by atoms with Crippen molar-refractivity contribution in [2.45, 2.75) is 18.4 Å². The van der Waals surface area contributed by atoms with Gasteiger partial charge in [-0.15, -0.1) is 0 Å². The highest BCUT2D eigenvalue weighted by Gasteiger charge is 2.39. The fraction of sp³-hybridized carbons (Fsp3) is 0.148. The number of anilines is 2. The molecule has 0 saturated carbocycles. The Bertz CT molecular complexity index is 1450. The minimum atomic E-state index is -0.129. The number of carbonyl (C=O) groups excluding carboxylic acids is 1. The number of nitrogens with zero attached hydrogens (tertiary/aromatic N) is 4. The second-order valence-electron chi connectivity index (χ2n) is 8.19. The highest BCUT2D eigenvalue weighted by atomic mass is 32.2. The van der Waals surface area contributed by atoms with E-state index >= 15 is 0 Å². The second-order valence-corrected chi connectivity index (χ2v) is 10.2. The Morgan fingerprint density at radius 2 is 1.89 bits per heavy atom. The third-order valence-electron chi connectivity index (χ3n) is 5.77. The molecule has 1 amide bonds. The maximum atomic E-state index is 13.8. The molecule has 0 spiro atoms. The lowest BCUT2D eigenvalue weighted by molar-refractivity contribution is -0.122. The quantitative estimate of drug-likeness (QED) is 0.412. The zero-order valence-electron chi connectivity index (χ0n) is 19.7. The van der Waals surface area contributed by atoms with Gasteiger partial charge in [0.05, 0.1) is 40.3 Å². The predicted octanol–water partition coefficient (Wildman–Crippen LogP) is 5.87. The molecule has 7 nitrogen and oxygen atoms in total. The van der Waals surface area contributed by atoms with Crippen LogP contribution in [0.25, 0.3) is 0 Å². The monoisotopic (exact) mass is 513 g/mol. The predicted molar refractivity (Wildman–Crippen MR) is 146 cm³/mol. The number of hydrogen-bond donors (Lipinski definition) is 2. The van der Waals surface area contributed by atoms with E-state index in [9.17, 15) is 15.2 Å². The number of amides is 1. The van der Waals surface area contributed by atoms with E-state index < -0.39 is 0 Å². The Balaban J connectivity index is 1.59. The summed E-state index contributed by atoms with van der Waals surface area (Å²) in [5, 5.41) is 24.0. The molecule has 3 aromatic rings. The van der Waals surface area contributed by atoms with Crippen molar-refractivity contribution in [2.24, 2.45) is 4.99 Å². The van der Waals surface area contributed by atoms with Crippen LogP contribution in [0.15, 0.2) is 86.6 Å². The van der Waals surface area contributed by atoms with Crippen LogP contribution in [-0.4, -0.2) is 34.7 Å². The zero-order chi connectivity index (χ0) is 25.2. The number of hydrogen-bond acceptors (Lipinski definition) is 8. The SMILES string of the molecule is CCNc1ccc(C#N)cc1/N=C1\S/C(=C2\Sc3cc(O)ccc3N2C)C(=O)N1Cc1ccccc1. The van der Waals surface area contributed by atoms with Gasteiger partial charge in [0.1, 0.15) is 10.7 Å². The summed E-state index contributed by atoms with van der Waals surface area (Å²) in [5.41, 5.74) is 3.83. The number of benzene rings is 3. The van der Waals surface area contributed by atoms with Gasteiger partial charge in [0.15, 0.2) is 5.17 Å². The number of rotatable bonds is 5. The van der Waals surface area contributed by atoms with Gasteiger partial charge in [-0.2, -0.15) is 5.26 Å². The molecule has 2 heterocycles. The van der Waals surface area contributed by atoms with Crippen LogP contribution in [0.5, 0.6) is 5.75 Å². The van der Waals surface area contributed by atoms with Gasteiger partial charge in [0, 0.05) is 18.5 Å². The maximum Gasteiger partial charge on any atom is 0.269 e. The molecule has 180 valence electrons. The summed E-state index contributed by atoms with van der Waals surface area (Å²) < 4.78 is 0. The van der Waals surface area contributed by atoms with Crippen molar-refractivity contribution in [3.63, 3.8) is 0 Å². The summed E-state index contributed by atoms with van der Waals surface area (Å²) in [4.78, 5) is 23.8. The number of fused-ring (bicyclic) bond motifs is 1. The molecule has 0 aliphatic carbocycles. The molecule has 0 bridgehead atoms. The lowest BCUT2D eigenvalue weighted by atomic mass is 10.2. The smallest absolute Gasteiger partial charge is 0.269 e. The Morgan fingerprint density at radius 1 is 1.08 bits per heavy atom. The van der Waals surface area contributed by atoms with Crippen LogP contribution in [0, 0.1) is 11.3 Å². The number of aromatic hydroxyl groups is 1. The number of aliphatic imine (C=N–C) groups is 1. The Hall–Kier alpha value is -3.87. The average Bonchev–Trinajstić information content (AvgIpc) is 3.36. The third-order valence-corrected chi connectivity index (χ3v) is 8.18. The number of amidine groups is 1. The van der Waals surface area contributed by atoms with Crippen LogP contribution < -0.4 is 10.2 Å². The van der Waals surface area contributed by atoms with E-state index in [2.05, 4.69) is 11.4 Å². The van der Waals surface area contributed by atoms with E-state index in [1.54, 1.807) is 29.2 Å². The van der Waals surface area contributed by atoms with E-state index in [0.717, 1.165) is 26.9 Å². The fourth-order valence-electron chi connectivity index (χ4n) is 4.00. The van der Waals surface area contributed by atoms with Crippen LogP contribution in [0.4, 0.5) is 17.1 Å². The molecule has 2 aliphatic rings. The third kappa shape index (κ3) is 4.53. The second kappa shape index (κ2) is 10.0. The minimum Gasteiger partial charge on any atom is -0.508 e. The molecular formula is C27H23N5O2S2. The molecule has 36 heavy (non-hydrogen) atoms. The van der Waals surface area contributed by atoms with Crippen molar-refractivity contribution in [3.8, 4) is 11.8 Å². The minimum absolute atomic E-state index is 0.129. The van der Waals surface area contributed by atoms with Crippen LogP contribution >= 0.6 is 23.5 Å². The molecule has 2 N–H and O–H groups in total. The van der Waals surface area contributed by atoms with Gasteiger partial charge < -0.3 is 15.3 Å². The normalized spacial score (nSPS) is 18.0. The van der Waals surface area contributed by atoms with Gasteiger partial charge in [-0.05, 0) is 60.6 Å². The van der Waals surface area contributed by atoms with Crippen LogP contribution in [-0.2, 0) is 11.3 Å². The van der Waals surface area contributed by atoms with Crippen molar-refractivity contribution >= 4 is 51.7 Å². The van der Waals surface area contributed by atoms with Gasteiger partial charge in [-0.1, -0.05) is 42.1 Å². The number of phenolic OH excluding ortho intramolecular Hbond substituents is 1. The zero-order valence-corrected chi connectivity index (χ0v) is 21.4. The van der Waals surface area contributed by atoms with E-state index in [0.29, 0.717) is 34.4 Å². The van der Waals surface area contributed by atoms with E-state index in [-0.39, 0.29) is 11.7 Å². The molecule has 9 heteroatoms.